The van der Waals surface area contributed by atoms with Gasteiger partial charge in [0.2, 0.25) is 0 Å². The largest absolute Gasteiger partial charge is 0.488 e. The molecule has 2 unspecified atom stereocenters. The third-order valence-corrected chi connectivity index (χ3v) is 2.78. The van der Waals surface area contributed by atoms with Crippen molar-refractivity contribution >= 4 is 19.6 Å². The van der Waals surface area contributed by atoms with Crippen LogP contribution in [0.25, 0.3) is 0 Å². The number of aliphatic hydroxyl groups is 2. The molecule has 0 bridgehead atoms. The SMILES string of the molecule is C=C(C)C(=O)OCCC(O)CO[B]OCCC(O)COC(=O)C(=C)C. The van der Waals surface area contributed by atoms with Gasteiger partial charge in [0.1, 0.15) is 6.61 Å². The van der Waals surface area contributed by atoms with E-state index in [9.17, 15) is 19.8 Å². The van der Waals surface area contributed by atoms with Gasteiger partial charge in [-0.05, 0) is 20.3 Å². The summed E-state index contributed by atoms with van der Waals surface area (Å²) in [5.74, 6) is -1.06. The fourth-order valence-electron chi connectivity index (χ4n) is 1.32. The second kappa shape index (κ2) is 13.6. The van der Waals surface area contributed by atoms with Gasteiger partial charge in [0.25, 0.3) is 0 Å². The smallest absolute Gasteiger partial charge is 0.462 e. The summed E-state index contributed by atoms with van der Waals surface area (Å²) in [7, 11) is 1.05. The van der Waals surface area contributed by atoms with Crippen molar-refractivity contribution in [2.24, 2.45) is 0 Å². The predicted molar refractivity (Wildman–Crippen MR) is 90.5 cm³/mol. The molecule has 0 rings (SSSR count). The number of carbonyl (C=O) groups is 2. The van der Waals surface area contributed by atoms with E-state index >= 15 is 0 Å². The summed E-state index contributed by atoms with van der Waals surface area (Å²) in [4.78, 5) is 22.2. The number of hydrogen-bond donors (Lipinski definition) is 2. The molecule has 0 saturated heterocycles. The van der Waals surface area contributed by atoms with Crippen molar-refractivity contribution in [2.45, 2.75) is 38.9 Å². The zero-order valence-electron chi connectivity index (χ0n) is 14.7. The second-order valence-corrected chi connectivity index (χ2v) is 5.48. The van der Waals surface area contributed by atoms with Crippen molar-refractivity contribution in [2.75, 3.05) is 26.4 Å². The summed E-state index contributed by atoms with van der Waals surface area (Å²) in [6.07, 6.45) is -1.21. The van der Waals surface area contributed by atoms with Crippen molar-refractivity contribution < 1.29 is 38.6 Å². The minimum atomic E-state index is -0.856. The van der Waals surface area contributed by atoms with E-state index in [1.54, 1.807) is 0 Å². The highest BCUT2D eigenvalue weighted by Gasteiger charge is 2.11. The molecular formula is C16H26BO8. The van der Waals surface area contributed by atoms with Gasteiger partial charge in [-0.15, -0.1) is 0 Å². The number of aliphatic hydroxyl groups excluding tert-OH is 2. The first-order chi connectivity index (χ1) is 11.7. The first-order valence-corrected chi connectivity index (χ1v) is 7.80. The van der Waals surface area contributed by atoms with Crippen LogP contribution in [0.2, 0.25) is 0 Å². The minimum Gasteiger partial charge on any atom is -0.462 e. The number of carbonyl (C=O) groups excluding carboxylic acids is 2. The molecule has 0 aliphatic carbocycles. The van der Waals surface area contributed by atoms with Crippen LogP contribution < -0.4 is 0 Å². The average Bonchev–Trinajstić information content (AvgIpc) is 2.55. The van der Waals surface area contributed by atoms with Crippen molar-refractivity contribution in [3.05, 3.63) is 24.3 Å². The van der Waals surface area contributed by atoms with Gasteiger partial charge in [-0.1, -0.05) is 13.2 Å². The molecule has 0 aromatic rings. The number of esters is 2. The second-order valence-electron chi connectivity index (χ2n) is 5.48. The fourth-order valence-corrected chi connectivity index (χ4v) is 1.32. The fraction of sp³-hybridized carbons (Fsp3) is 0.625. The van der Waals surface area contributed by atoms with E-state index in [1.807, 2.05) is 0 Å². The predicted octanol–water partition coefficient (Wildman–Crippen LogP) is 0.294. The molecule has 0 aliphatic rings. The van der Waals surface area contributed by atoms with Crippen LogP contribution in [0.15, 0.2) is 24.3 Å². The summed E-state index contributed by atoms with van der Waals surface area (Å²) >= 11 is 0. The maximum absolute atomic E-state index is 11.1. The highest BCUT2D eigenvalue weighted by molar-refractivity contribution is 6.17. The maximum atomic E-state index is 11.1. The molecule has 2 atom stereocenters. The molecular weight excluding hydrogens is 331 g/mol. The monoisotopic (exact) mass is 357 g/mol. The van der Waals surface area contributed by atoms with Gasteiger partial charge in [0.15, 0.2) is 0 Å². The van der Waals surface area contributed by atoms with E-state index in [0.717, 1.165) is 7.69 Å². The molecule has 9 heteroatoms. The van der Waals surface area contributed by atoms with Crippen LogP contribution in [0.4, 0.5) is 0 Å². The normalized spacial score (nSPS) is 12.8. The zero-order chi connectivity index (χ0) is 19.2. The quantitative estimate of drug-likeness (QED) is 0.198. The van der Waals surface area contributed by atoms with Crippen LogP contribution in [-0.2, 0) is 28.4 Å². The van der Waals surface area contributed by atoms with E-state index in [-0.39, 0.29) is 44.8 Å². The Morgan fingerprint density at radius 3 is 2.00 bits per heavy atom. The van der Waals surface area contributed by atoms with Crippen molar-refractivity contribution in [1.82, 2.24) is 0 Å². The number of hydrogen-bond acceptors (Lipinski definition) is 8. The van der Waals surface area contributed by atoms with Gasteiger partial charge in [-0.2, -0.15) is 0 Å². The molecule has 2 N–H and O–H groups in total. The van der Waals surface area contributed by atoms with Crippen molar-refractivity contribution in [1.29, 1.82) is 0 Å². The summed E-state index contributed by atoms with van der Waals surface area (Å²) in [6.45, 7) is 9.97. The molecule has 8 nitrogen and oxygen atoms in total. The lowest BCUT2D eigenvalue weighted by Crippen LogP contribution is -2.23. The van der Waals surface area contributed by atoms with Gasteiger partial charge in [-0.3, -0.25) is 0 Å². The molecule has 0 saturated carbocycles. The maximum Gasteiger partial charge on any atom is 0.488 e. The highest BCUT2D eigenvalue weighted by atomic mass is 16.6. The molecule has 0 amide bonds. The van der Waals surface area contributed by atoms with Crippen molar-refractivity contribution in [3.8, 4) is 0 Å². The molecule has 141 valence electrons. The summed E-state index contributed by atoms with van der Waals surface area (Å²) in [5.41, 5.74) is 0.558. The van der Waals surface area contributed by atoms with Crippen LogP contribution in [0.1, 0.15) is 26.7 Å². The van der Waals surface area contributed by atoms with Crippen LogP contribution in [0, 0.1) is 0 Å². The lowest BCUT2D eigenvalue weighted by atomic mass is 10.2. The molecule has 1 radical (unpaired) electrons. The summed E-state index contributed by atoms with van der Waals surface area (Å²) in [6, 6.07) is 0. The standard InChI is InChI=1S/C16H26BO8/c1-11(2)15(20)22-7-5-14(19)10-25-17-24-8-6-13(18)9-23-16(21)12(3)4/h13-14,18-19H,1,3,5-10H2,2,4H3. The minimum absolute atomic E-state index is 0.0244. The first kappa shape index (κ1) is 23.3. The Kier molecular flexibility index (Phi) is 12.7. The lowest BCUT2D eigenvalue weighted by molar-refractivity contribution is -0.142. The molecule has 0 aliphatic heterocycles. The van der Waals surface area contributed by atoms with E-state index < -0.39 is 24.1 Å². The molecule has 25 heavy (non-hydrogen) atoms. The highest BCUT2D eigenvalue weighted by Crippen LogP contribution is 1.99. The van der Waals surface area contributed by atoms with Crippen LogP contribution in [0.3, 0.4) is 0 Å². The van der Waals surface area contributed by atoms with Crippen LogP contribution in [-0.4, -0.2) is 68.5 Å². The summed E-state index contributed by atoms with van der Waals surface area (Å²) in [5, 5.41) is 19.2. The van der Waals surface area contributed by atoms with Crippen LogP contribution in [0.5, 0.6) is 0 Å². The molecule has 0 fully saturated rings. The first-order valence-electron chi connectivity index (χ1n) is 7.80. The number of ether oxygens (including phenoxy) is 2. The van der Waals surface area contributed by atoms with E-state index in [4.69, 9.17) is 18.8 Å². The van der Waals surface area contributed by atoms with E-state index in [1.165, 1.54) is 13.8 Å². The van der Waals surface area contributed by atoms with Crippen molar-refractivity contribution in [3.63, 3.8) is 0 Å². The third kappa shape index (κ3) is 13.3. The topological polar surface area (TPSA) is 112 Å². The van der Waals surface area contributed by atoms with Gasteiger partial charge in [0, 0.05) is 24.2 Å². The lowest BCUT2D eigenvalue weighted by Gasteiger charge is -2.13. The number of rotatable bonds is 14. The molecule has 0 heterocycles. The Labute approximate surface area is 148 Å². The van der Waals surface area contributed by atoms with Gasteiger partial charge in [-0.25, -0.2) is 9.59 Å². The summed E-state index contributed by atoms with van der Waals surface area (Å²) < 4.78 is 19.6. The Hall–Kier alpha value is -1.68. The van der Waals surface area contributed by atoms with Crippen LogP contribution >= 0.6 is 0 Å². The molecule has 0 spiro atoms. The Morgan fingerprint density at radius 1 is 0.880 bits per heavy atom. The van der Waals surface area contributed by atoms with Gasteiger partial charge >= 0.3 is 19.6 Å². The Morgan fingerprint density at radius 2 is 1.40 bits per heavy atom. The third-order valence-electron chi connectivity index (χ3n) is 2.78. The molecule has 0 aromatic heterocycles. The Bertz CT molecular complexity index is 451. The van der Waals surface area contributed by atoms with E-state index in [0.29, 0.717) is 5.57 Å². The average molecular weight is 357 g/mol. The van der Waals surface area contributed by atoms with Gasteiger partial charge < -0.3 is 29.0 Å². The van der Waals surface area contributed by atoms with Gasteiger partial charge in [0.05, 0.1) is 25.4 Å². The van der Waals surface area contributed by atoms with E-state index in [2.05, 4.69) is 13.2 Å². The molecule has 0 aromatic carbocycles. The zero-order valence-corrected chi connectivity index (χ0v) is 14.7. The Balaban J connectivity index is 3.53.